The Bertz CT molecular complexity index is 1760. The van der Waals surface area contributed by atoms with E-state index in [0.29, 0.717) is 36.4 Å². The average Bonchev–Trinajstić information content (AvgIpc) is 3.40. The van der Waals surface area contributed by atoms with E-state index in [9.17, 15) is 24.3 Å². The highest BCUT2D eigenvalue weighted by atomic mass is 35.5. The van der Waals surface area contributed by atoms with Crippen LogP contribution in [-0.2, 0) is 35.2 Å². The molecular weight excluding hydrogens is 726 g/mol. The molecule has 9 atom stereocenters. The molecule has 0 heterocycles. The molecule has 4 fully saturated rings. The van der Waals surface area contributed by atoms with Crippen molar-refractivity contribution >= 4 is 35.3 Å². The number of carbonyl (C=O) groups excluding carboxylic acids is 3. The van der Waals surface area contributed by atoms with Gasteiger partial charge in [-0.25, -0.2) is 0 Å². The van der Waals surface area contributed by atoms with Gasteiger partial charge >= 0.3 is 17.9 Å². The summed E-state index contributed by atoms with van der Waals surface area (Å²) in [5, 5.41) is 10.3. The number of carboxylic acid groups (broad SMARTS) is 1. The summed E-state index contributed by atoms with van der Waals surface area (Å²) in [6.07, 6.45) is 7.18. The number of halogens is 1. The first-order chi connectivity index (χ1) is 25.9. The number of allylic oxidation sites excluding steroid dienone is 1. The zero-order valence-electron chi connectivity index (χ0n) is 36.0. The molecule has 1 aromatic rings. The lowest BCUT2D eigenvalue weighted by molar-refractivity contribution is -0.235. The number of likely N-dealkylation sites (N-methyl/N-ethyl adjacent to an activating group) is 1. The SMILES string of the molecule is CC(=O)O[C@@H](CN(C)Cc1ccc(Cl)cc1)[C@]12CC[C@]3(C)[C@H](CC[C@@H]4[C@@]5(C)CC[C@H](OC(=O)CC(C)(C)C(=O)O)C(C)(C)[C@@H]5CC[C@]43C)C1=C(C(C)C)C(=O)C2. The molecule has 5 aliphatic rings. The molecule has 0 aliphatic heterocycles. The minimum atomic E-state index is -1.18. The molecule has 8 nitrogen and oxygen atoms in total. The highest BCUT2D eigenvalue weighted by molar-refractivity contribution is 6.30. The summed E-state index contributed by atoms with van der Waals surface area (Å²) in [5.41, 5.74) is 1.42. The molecule has 0 amide bonds. The first kappa shape index (κ1) is 42.9. The fraction of sp³-hybridized carbons (Fsp3) is 0.745. The van der Waals surface area contributed by atoms with Crippen LogP contribution in [0.15, 0.2) is 35.4 Å². The van der Waals surface area contributed by atoms with Gasteiger partial charge in [-0.15, -0.1) is 0 Å². The molecule has 0 unspecified atom stereocenters. The maximum absolute atomic E-state index is 14.4. The number of esters is 2. The molecule has 1 aromatic carbocycles. The van der Waals surface area contributed by atoms with E-state index in [1.165, 1.54) is 12.5 Å². The van der Waals surface area contributed by atoms with Crippen LogP contribution in [-0.4, -0.2) is 59.5 Å². The first-order valence-corrected chi connectivity index (χ1v) is 21.6. The van der Waals surface area contributed by atoms with Crippen molar-refractivity contribution in [1.82, 2.24) is 4.90 Å². The van der Waals surface area contributed by atoms with E-state index in [2.05, 4.69) is 60.4 Å². The third-order valence-corrected chi connectivity index (χ3v) is 16.9. The number of carbonyl (C=O) groups is 4. The van der Waals surface area contributed by atoms with Crippen LogP contribution in [0.5, 0.6) is 0 Å². The second kappa shape index (κ2) is 14.8. The number of ether oxygens (including phenoxy) is 2. The topological polar surface area (TPSA) is 110 Å². The molecular formula is C47H68ClNO7. The van der Waals surface area contributed by atoms with Gasteiger partial charge in [-0.05, 0) is 141 Å². The Balaban J connectivity index is 1.31. The van der Waals surface area contributed by atoms with E-state index >= 15 is 0 Å². The van der Waals surface area contributed by atoms with Gasteiger partial charge in [0.25, 0.3) is 0 Å². The third-order valence-electron chi connectivity index (χ3n) is 16.6. The number of benzene rings is 1. The largest absolute Gasteiger partial charge is 0.481 e. The Hall–Kier alpha value is -2.71. The minimum absolute atomic E-state index is 0.0153. The molecule has 6 rings (SSSR count). The van der Waals surface area contributed by atoms with Crippen molar-refractivity contribution in [3.8, 4) is 0 Å². The van der Waals surface area contributed by atoms with Crippen LogP contribution in [0.1, 0.15) is 139 Å². The molecule has 0 spiro atoms. The molecule has 0 bridgehead atoms. The zero-order chi connectivity index (χ0) is 41.4. The predicted molar refractivity (Wildman–Crippen MR) is 219 cm³/mol. The lowest BCUT2D eigenvalue weighted by Crippen LogP contribution is -2.66. The summed E-state index contributed by atoms with van der Waals surface area (Å²) in [6, 6.07) is 7.86. The van der Waals surface area contributed by atoms with E-state index < -0.39 is 28.9 Å². The standard InChI is InChI=1S/C47H68ClNO7/c1-28(2)39-33(51)24-47(37(55-29(3)50)27-49(11)26-30-12-14-31(48)15-13-30)23-22-45(9)32(40(39)47)16-17-35-44(8)20-19-36(56-38(52)25-42(4,5)41(53)54)43(6,7)34(44)18-21-46(35,45)10/h12-15,28,32,34-37H,16-27H2,1-11H3,(H,53,54)/t32-,34+,35-,36+,37+,44+,45-,46-,47-/m1/s1. The molecule has 1 N–H and O–H groups in total. The fourth-order valence-corrected chi connectivity index (χ4v) is 13.8. The van der Waals surface area contributed by atoms with Crippen molar-refractivity contribution in [2.24, 2.45) is 56.2 Å². The van der Waals surface area contributed by atoms with Crippen molar-refractivity contribution in [1.29, 1.82) is 0 Å². The monoisotopic (exact) mass is 793 g/mol. The molecule has 0 saturated heterocycles. The third kappa shape index (κ3) is 6.98. The summed E-state index contributed by atoms with van der Waals surface area (Å²) in [5.74, 6) is -0.421. The van der Waals surface area contributed by atoms with Crippen LogP contribution in [0.3, 0.4) is 0 Å². The summed E-state index contributed by atoms with van der Waals surface area (Å²) in [6.45, 7) is 22.3. The van der Waals surface area contributed by atoms with Gasteiger partial charge in [-0.1, -0.05) is 72.2 Å². The van der Waals surface area contributed by atoms with Crippen LogP contribution < -0.4 is 0 Å². The molecule has 4 saturated carbocycles. The number of nitrogens with zero attached hydrogens (tertiary/aromatic N) is 1. The van der Waals surface area contributed by atoms with Crippen molar-refractivity contribution < 1.29 is 33.8 Å². The molecule has 5 aliphatic carbocycles. The number of hydrogen-bond acceptors (Lipinski definition) is 7. The van der Waals surface area contributed by atoms with E-state index in [-0.39, 0.29) is 57.8 Å². The fourth-order valence-electron chi connectivity index (χ4n) is 13.7. The summed E-state index contributed by atoms with van der Waals surface area (Å²) >= 11 is 6.19. The van der Waals surface area contributed by atoms with Crippen LogP contribution in [0, 0.1) is 56.2 Å². The van der Waals surface area contributed by atoms with E-state index in [4.69, 9.17) is 21.1 Å². The Morgan fingerprint density at radius 1 is 0.929 bits per heavy atom. The molecule has 0 aromatic heterocycles. The number of ketones is 1. The van der Waals surface area contributed by atoms with Gasteiger partial charge in [-0.2, -0.15) is 0 Å². The second-order valence-corrected chi connectivity index (χ2v) is 21.4. The Morgan fingerprint density at radius 3 is 2.20 bits per heavy atom. The highest BCUT2D eigenvalue weighted by Gasteiger charge is 2.71. The van der Waals surface area contributed by atoms with Gasteiger partial charge in [0.1, 0.15) is 12.2 Å². The van der Waals surface area contributed by atoms with E-state index in [0.717, 1.165) is 62.5 Å². The molecule has 9 heteroatoms. The maximum Gasteiger partial charge on any atom is 0.309 e. The molecule has 310 valence electrons. The summed E-state index contributed by atoms with van der Waals surface area (Å²) in [4.78, 5) is 54.5. The first-order valence-electron chi connectivity index (χ1n) is 21.2. The molecule has 56 heavy (non-hydrogen) atoms. The van der Waals surface area contributed by atoms with E-state index in [1.807, 2.05) is 24.3 Å². The number of fused-ring (bicyclic) bond motifs is 7. The van der Waals surface area contributed by atoms with E-state index in [1.54, 1.807) is 13.8 Å². The zero-order valence-corrected chi connectivity index (χ0v) is 36.7. The molecule has 0 radical (unpaired) electrons. The van der Waals surface area contributed by atoms with Gasteiger partial charge in [0, 0.05) is 42.3 Å². The van der Waals surface area contributed by atoms with Crippen LogP contribution in [0.25, 0.3) is 0 Å². The lowest BCUT2D eigenvalue weighted by atomic mass is 9.33. The van der Waals surface area contributed by atoms with Crippen molar-refractivity contribution in [3.05, 3.63) is 46.0 Å². The second-order valence-electron chi connectivity index (χ2n) is 21.0. The smallest absolute Gasteiger partial charge is 0.309 e. The highest BCUT2D eigenvalue weighted by Crippen LogP contribution is 2.77. The quantitative estimate of drug-likeness (QED) is 0.221. The normalized spacial score (nSPS) is 35.6. The van der Waals surface area contributed by atoms with Gasteiger partial charge in [0.05, 0.1) is 11.8 Å². The van der Waals surface area contributed by atoms with Gasteiger partial charge in [0.2, 0.25) is 0 Å². The van der Waals surface area contributed by atoms with Crippen molar-refractivity contribution in [2.45, 2.75) is 152 Å². The maximum atomic E-state index is 14.4. The Morgan fingerprint density at radius 2 is 1.59 bits per heavy atom. The van der Waals surface area contributed by atoms with Crippen LogP contribution in [0.4, 0.5) is 0 Å². The minimum Gasteiger partial charge on any atom is -0.481 e. The number of Topliss-reactive ketones (excluding diaryl/α,β-unsaturated/α-hetero) is 1. The van der Waals surface area contributed by atoms with Crippen LogP contribution >= 0.6 is 11.6 Å². The number of carboxylic acids is 1. The van der Waals surface area contributed by atoms with Crippen molar-refractivity contribution in [2.75, 3.05) is 13.6 Å². The average molecular weight is 795 g/mol. The lowest BCUT2D eigenvalue weighted by Gasteiger charge is -2.72. The Kier molecular flexibility index (Phi) is 11.4. The van der Waals surface area contributed by atoms with Gasteiger partial charge < -0.3 is 14.6 Å². The number of hydrogen-bond donors (Lipinski definition) is 1. The number of rotatable bonds is 11. The predicted octanol–water partition coefficient (Wildman–Crippen LogP) is 10.1. The van der Waals surface area contributed by atoms with Crippen molar-refractivity contribution in [3.63, 3.8) is 0 Å². The Labute approximate surface area is 340 Å². The summed E-state index contributed by atoms with van der Waals surface area (Å²) < 4.78 is 12.6. The van der Waals surface area contributed by atoms with Gasteiger partial charge in [-0.3, -0.25) is 24.1 Å². The van der Waals surface area contributed by atoms with Gasteiger partial charge in [0.15, 0.2) is 5.78 Å². The number of aliphatic carboxylic acids is 1. The van der Waals surface area contributed by atoms with Crippen LogP contribution in [0.2, 0.25) is 5.02 Å². The summed E-state index contributed by atoms with van der Waals surface area (Å²) in [7, 11) is 2.07.